The third kappa shape index (κ3) is 3.21. The molecule has 140 valence electrons. The number of aromatic nitrogens is 3. The summed E-state index contributed by atoms with van der Waals surface area (Å²) in [5.74, 6) is 0.0712. The van der Waals surface area contributed by atoms with E-state index in [1.165, 1.54) is 0 Å². The molecule has 0 aliphatic heterocycles. The van der Waals surface area contributed by atoms with Gasteiger partial charge in [0.15, 0.2) is 0 Å². The zero-order valence-electron chi connectivity index (χ0n) is 15.8. The first kappa shape index (κ1) is 17.7. The summed E-state index contributed by atoms with van der Waals surface area (Å²) in [5.41, 5.74) is 4.08. The van der Waals surface area contributed by atoms with Crippen molar-refractivity contribution in [3.8, 4) is 0 Å². The number of hydrogen-bond acceptors (Lipinski definition) is 4. The Balaban J connectivity index is 1.67. The minimum atomic E-state index is -0.287. The number of nitrogens with zero attached hydrogens (tertiary/aromatic N) is 3. The molecule has 1 fully saturated rings. The molecular weight excluding hydrogens is 340 g/mol. The van der Waals surface area contributed by atoms with Gasteiger partial charge in [0, 0.05) is 24.3 Å². The van der Waals surface area contributed by atoms with Crippen LogP contribution >= 0.6 is 0 Å². The molecule has 1 amide bonds. The molecule has 1 atom stereocenters. The molecule has 2 heterocycles. The number of aliphatic hydroxyl groups excluding tert-OH is 1. The van der Waals surface area contributed by atoms with Crippen molar-refractivity contribution < 1.29 is 9.90 Å². The number of aliphatic hydroxyl groups is 1. The average molecular weight is 364 g/mol. The first-order valence-electron chi connectivity index (χ1n) is 9.28. The topological polar surface area (TPSA) is 80.0 Å². The molecule has 2 N–H and O–H groups in total. The van der Waals surface area contributed by atoms with Crippen LogP contribution in [-0.2, 0) is 7.05 Å². The highest BCUT2D eigenvalue weighted by atomic mass is 16.3. The van der Waals surface area contributed by atoms with E-state index in [-0.39, 0.29) is 24.0 Å². The Labute approximate surface area is 158 Å². The Bertz CT molecular complexity index is 1000. The van der Waals surface area contributed by atoms with Gasteiger partial charge in [-0.05, 0) is 50.3 Å². The van der Waals surface area contributed by atoms with Crippen molar-refractivity contribution in [3.05, 3.63) is 59.0 Å². The maximum Gasteiger partial charge on any atom is 0.255 e. The lowest BCUT2D eigenvalue weighted by Gasteiger charge is -2.38. The van der Waals surface area contributed by atoms with Gasteiger partial charge < -0.3 is 10.4 Å². The Morgan fingerprint density at radius 2 is 2.04 bits per heavy atom. The third-order valence-corrected chi connectivity index (χ3v) is 5.61. The van der Waals surface area contributed by atoms with Crippen molar-refractivity contribution in [2.75, 3.05) is 0 Å². The molecule has 1 aromatic carbocycles. The molecule has 2 aromatic heterocycles. The molecule has 0 unspecified atom stereocenters. The first-order valence-corrected chi connectivity index (χ1v) is 9.28. The lowest BCUT2D eigenvalue weighted by Crippen LogP contribution is -2.41. The van der Waals surface area contributed by atoms with Gasteiger partial charge in [0.25, 0.3) is 5.91 Å². The highest BCUT2D eigenvalue weighted by Crippen LogP contribution is 2.38. The second-order valence-electron chi connectivity index (χ2n) is 7.47. The summed E-state index contributed by atoms with van der Waals surface area (Å²) in [6.45, 7) is 3.75. The van der Waals surface area contributed by atoms with Crippen LogP contribution in [0.15, 0.2) is 36.5 Å². The zero-order valence-corrected chi connectivity index (χ0v) is 15.8. The van der Waals surface area contributed by atoms with Crippen LogP contribution < -0.4 is 5.32 Å². The van der Waals surface area contributed by atoms with Gasteiger partial charge in [0.2, 0.25) is 0 Å². The molecule has 27 heavy (non-hydrogen) atoms. The van der Waals surface area contributed by atoms with E-state index >= 15 is 0 Å². The molecule has 1 saturated carbocycles. The predicted molar refractivity (Wildman–Crippen MR) is 103 cm³/mol. The van der Waals surface area contributed by atoms with Crippen molar-refractivity contribution in [2.45, 2.75) is 38.8 Å². The minimum Gasteiger partial charge on any atom is -0.393 e. The smallest absolute Gasteiger partial charge is 0.255 e. The van der Waals surface area contributed by atoms with E-state index < -0.39 is 0 Å². The van der Waals surface area contributed by atoms with Gasteiger partial charge in [0.1, 0.15) is 0 Å². The monoisotopic (exact) mass is 364 g/mol. The molecule has 6 nitrogen and oxygen atoms in total. The zero-order chi connectivity index (χ0) is 19.1. The van der Waals surface area contributed by atoms with Crippen molar-refractivity contribution in [1.82, 2.24) is 20.1 Å². The van der Waals surface area contributed by atoms with Crippen molar-refractivity contribution >= 4 is 16.8 Å². The molecular formula is C21H24N4O2. The number of para-hydroxylation sites is 1. The number of hydrogen-bond donors (Lipinski definition) is 2. The Morgan fingerprint density at radius 1 is 1.30 bits per heavy atom. The van der Waals surface area contributed by atoms with Crippen molar-refractivity contribution in [2.24, 2.45) is 13.0 Å². The van der Waals surface area contributed by atoms with Crippen LogP contribution in [0.2, 0.25) is 0 Å². The SMILES string of the molecule is Cc1nn(C)c(C)c1C(=O)N[C@@H](c1cnc2ccccc2c1)C1CC(O)C1. The van der Waals surface area contributed by atoms with Gasteiger partial charge in [-0.3, -0.25) is 14.5 Å². The van der Waals surface area contributed by atoms with Gasteiger partial charge in [-0.1, -0.05) is 18.2 Å². The summed E-state index contributed by atoms with van der Waals surface area (Å²) < 4.78 is 1.73. The number of nitrogens with one attached hydrogen (secondary N) is 1. The molecule has 0 saturated heterocycles. The Kier molecular flexibility index (Phi) is 4.44. The lowest BCUT2D eigenvalue weighted by molar-refractivity contribution is 0.0235. The number of carbonyl (C=O) groups is 1. The van der Waals surface area contributed by atoms with Gasteiger partial charge in [-0.25, -0.2) is 0 Å². The summed E-state index contributed by atoms with van der Waals surface area (Å²) in [6.07, 6.45) is 2.91. The van der Waals surface area contributed by atoms with Crippen LogP contribution in [0.4, 0.5) is 0 Å². The van der Waals surface area contributed by atoms with Gasteiger partial charge >= 0.3 is 0 Å². The number of fused-ring (bicyclic) bond motifs is 1. The molecule has 4 rings (SSSR count). The van der Waals surface area contributed by atoms with E-state index in [0.717, 1.165) is 27.9 Å². The Morgan fingerprint density at radius 3 is 2.70 bits per heavy atom. The van der Waals surface area contributed by atoms with Gasteiger partial charge in [0.05, 0.1) is 28.9 Å². The third-order valence-electron chi connectivity index (χ3n) is 5.61. The molecule has 0 spiro atoms. The second kappa shape index (κ2) is 6.78. The van der Waals surface area contributed by atoms with Crippen LogP contribution in [0.25, 0.3) is 10.9 Å². The standard InChI is InChI=1S/C21H24N4O2/c1-12-19(13(2)25(3)24-12)21(27)23-20(15-9-17(26)10-15)16-8-14-6-4-5-7-18(14)22-11-16/h4-8,11,15,17,20,26H,9-10H2,1-3H3,(H,23,27)/t15?,17?,20-/m1/s1. The van der Waals surface area contributed by atoms with Crippen LogP contribution in [0, 0.1) is 19.8 Å². The molecule has 1 aliphatic carbocycles. The van der Waals surface area contributed by atoms with Crippen molar-refractivity contribution in [1.29, 1.82) is 0 Å². The fraction of sp³-hybridized carbons (Fsp3) is 0.381. The average Bonchev–Trinajstić information content (AvgIpc) is 2.89. The summed E-state index contributed by atoms with van der Waals surface area (Å²) in [5, 5.41) is 18.4. The second-order valence-corrected chi connectivity index (χ2v) is 7.47. The van der Waals surface area contributed by atoms with Crippen LogP contribution in [0.5, 0.6) is 0 Å². The van der Waals surface area contributed by atoms with E-state index in [4.69, 9.17) is 0 Å². The number of carbonyl (C=O) groups excluding carboxylic acids is 1. The van der Waals surface area contributed by atoms with Crippen LogP contribution in [0.1, 0.15) is 46.2 Å². The largest absolute Gasteiger partial charge is 0.393 e. The van der Waals surface area contributed by atoms with E-state index in [0.29, 0.717) is 18.4 Å². The van der Waals surface area contributed by atoms with E-state index in [1.807, 2.05) is 51.4 Å². The number of benzene rings is 1. The van der Waals surface area contributed by atoms with E-state index in [1.54, 1.807) is 4.68 Å². The number of pyridine rings is 1. The minimum absolute atomic E-state index is 0.127. The first-order chi connectivity index (χ1) is 12.9. The van der Waals surface area contributed by atoms with Gasteiger partial charge in [-0.15, -0.1) is 0 Å². The van der Waals surface area contributed by atoms with Crippen molar-refractivity contribution in [3.63, 3.8) is 0 Å². The summed E-state index contributed by atoms with van der Waals surface area (Å²) >= 11 is 0. The maximum atomic E-state index is 13.0. The van der Waals surface area contributed by atoms with Crippen LogP contribution in [-0.4, -0.2) is 31.9 Å². The molecule has 0 radical (unpaired) electrons. The summed E-state index contributed by atoms with van der Waals surface area (Å²) in [4.78, 5) is 17.6. The lowest BCUT2D eigenvalue weighted by atomic mass is 9.75. The van der Waals surface area contributed by atoms with Crippen LogP contribution in [0.3, 0.4) is 0 Å². The maximum absolute atomic E-state index is 13.0. The number of amides is 1. The quantitative estimate of drug-likeness (QED) is 0.746. The molecule has 6 heteroatoms. The fourth-order valence-corrected chi connectivity index (χ4v) is 3.95. The van der Waals surface area contributed by atoms with Gasteiger partial charge in [-0.2, -0.15) is 5.10 Å². The molecule has 3 aromatic rings. The Hall–Kier alpha value is -2.73. The highest BCUT2D eigenvalue weighted by Gasteiger charge is 2.36. The molecule has 0 bridgehead atoms. The number of rotatable bonds is 4. The predicted octanol–water partition coefficient (Wildman–Crippen LogP) is 2.83. The van der Waals surface area contributed by atoms with E-state index in [9.17, 15) is 9.90 Å². The van der Waals surface area contributed by atoms with E-state index in [2.05, 4.69) is 21.5 Å². The fourth-order valence-electron chi connectivity index (χ4n) is 3.95. The number of aryl methyl sites for hydroxylation is 2. The highest BCUT2D eigenvalue weighted by molar-refractivity contribution is 5.96. The summed E-state index contributed by atoms with van der Waals surface area (Å²) in [6, 6.07) is 9.84. The summed E-state index contributed by atoms with van der Waals surface area (Å²) in [7, 11) is 1.84. The normalized spacial score (nSPS) is 20.3. The molecule has 1 aliphatic rings.